The van der Waals surface area contributed by atoms with Crippen molar-refractivity contribution >= 4 is 27.3 Å². The van der Waals surface area contributed by atoms with Gasteiger partial charge >= 0.3 is 0 Å². The number of hydrogen-bond acceptors (Lipinski definition) is 2. The highest BCUT2D eigenvalue weighted by atomic mass is 79.9. The van der Waals surface area contributed by atoms with E-state index in [1.54, 1.807) is 17.4 Å². The molecule has 0 amide bonds. The minimum Gasteiger partial charge on any atom is -0.308 e. The monoisotopic (exact) mass is 317 g/mol. The Morgan fingerprint density at radius 2 is 2.00 bits per heavy atom. The van der Waals surface area contributed by atoms with Crippen LogP contribution in [0.3, 0.4) is 0 Å². The molecular formula is C12H10BrF2NS. The molecule has 0 aliphatic rings. The average Bonchev–Trinajstić information content (AvgIpc) is 2.71. The van der Waals surface area contributed by atoms with E-state index in [1.165, 1.54) is 6.07 Å². The number of thiophene rings is 1. The summed E-state index contributed by atoms with van der Waals surface area (Å²) in [7, 11) is 0. The molecule has 0 aliphatic carbocycles. The zero-order valence-electron chi connectivity index (χ0n) is 8.84. The maximum atomic E-state index is 13.3. The Bertz CT molecular complexity index is 513. The fourth-order valence-corrected chi connectivity index (χ4v) is 2.91. The van der Waals surface area contributed by atoms with Gasteiger partial charge in [0.15, 0.2) is 11.6 Å². The van der Waals surface area contributed by atoms with Crippen LogP contribution in [-0.4, -0.2) is 0 Å². The molecule has 0 atom stereocenters. The van der Waals surface area contributed by atoms with E-state index in [9.17, 15) is 8.78 Å². The Kier molecular flexibility index (Phi) is 4.25. The van der Waals surface area contributed by atoms with Crippen molar-refractivity contribution in [2.45, 2.75) is 13.1 Å². The average molecular weight is 318 g/mol. The van der Waals surface area contributed by atoms with Crippen LogP contribution in [0.25, 0.3) is 0 Å². The lowest BCUT2D eigenvalue weighted by Gasteiger charge is -2.05. The van der Waals surface area contributed by atoms with Crippen LogP contribution in [0.5, 0.6) is 0 Å². The molecule has 0 bridgehead atoms. The summed E-state index contributed by atoms with van der Waals surface area (Å²) in [6, 6.07) is 6.17. The van der Waals surface area contributed by atoms with E-state index in [0.717, 1.165) is 15.4 Å². The Balaban J connectivity index is 1.95. The molecule has 0 unspecified atom stereocenters. The summed E-state index contributed by atoms with van der Waals surface area (Å²) in [5.41, 5.74) is 0.345. The van der Waals surface area contributed by atoms with Crippen molar-refractivity contribution in [2.24, 2.45) is 0 Å². The molecule has 0 radical (unpaired) electrons. The largest absolute Gasteiger partial charge is 0.308 e. The first-order valence-corrected chi connectivity index (χ1v) is 6.71. The topological polar surface area (TPSA) is 12.0 Å². The third kappa shape index (κ3) is 3.12. The normalized spacial score (nSPS) is 10.8. The van der Waals surface area contributed by atoms with Gasteiger partial charge < -0.3 is 5.32 Å². The molecule has 0 aliphatic heterocycles. The van der Waals surface area contributed by atoms with E-state index in [1.807, 2.05) is 11.4 Å². The smallest absolute Gasteiger partial charge is 0.163 e. The standard InChI is InChI=1S/C12H10BrF2NS/c13-9-4-5-17-11(9)7-16-6-8-2-1-3-10(14)12(8)15/h1-5,16H,6-7H2. The molecule has 5 heteroatoms. The maximum absolute atomic E-state index is 13.3. The van der Waals surface area contributed by atoms with Crippen LogP contribution < -0.4 is 5.32 Å². The number of nitrogens with one attached hydrogen (secondary N) is 1. The third-order valence-electron chi connectivity index (χ3n) is 2.32. The molecule has 1 nitrogen and oxygen atoms in total. The molecule has 90 valence electrons. The summed E-state index contributed by atoms with van der Waals surface area (Å²) in [6.07, 6.45) is 0. The lowest BCUT2D eigenvalue weighted by atomic mass is 10.2. The molecule has 0 fully saturated rings. The first kappa shape index (κ1) is 12.7. The summed E-state index contributed by atoms with van der Waals surface area (Å²) in [6.45, 7) is 0.947. The number of halogens is 3. The summed E-state index contributed by atoms with van der Waals surface area (Å²) < 4.78 is 27.3. The molecule has 1 aromatic carbocycles. The minimum absolute atomic E-state index is 0.313. The molecule has 2 aromatic rings. The fraction of sp³-hybridized carbons (Fsp3) is 0.167. The first-order valence-electron chi connectivity index (χ1n) is 5.04. The highest BCUT2D eigenvalue weighted by molar-refractivity contribution is 9.10. The van der Waals surface area contributed by atoms with Gasteiger partial charge in [-0.15, -0.1) is 11.3 Å². The molecule has 0 saturated heterocycles. The second kappa shape index (κ2) is 5.71. The highest BCUT2D eigenvalue weighted by Crippen LogP contribution is 2.22. The molecular weight excluding hydrogens is 308 g/mol. The number of rotatable bonds is 4. The van der Waals surface area contributed by atoms with Crippen molar-refractivity contribution in [3.63, 3.8) is 0 Å². The van der Waals surface area contributed by atoms with E-state index in [2.05, 4.69) is 21.2 Å². The summed E-state index contributed by atoms with van der Waals surface area (Å²) in [5, 5.41) is 5.06. The van der Waals surface area contributed by atoms with Gasteiger partial charge in [0.25, 0.3) is 0 Å². The molecule has 17 heavy (non-hydrogen) atoms. The molecule has 0 spiro atoms. The van der Waals surface area contributed by atoms with Gasteiger partial charge in [-0.3, -0.25) is 0 Å². The SMILES string of the molecule is Fc1cccc(CNCc2sccc2Br)c1F. The Morgan fingerprint density at radius 3 is 2.71 bits per heavy atom. The lowest BCUT2D eigenvalue weighted by molar-refractivity contribution is 0.493. The highest BCUT2D eigenvalue weighted by Gasteiger charge is 2.07. The molecule has 1 aromatic heterocycles. The van der Waals surface area contributed by atoms with E-state index in [-0.39, 0.29) is 0 Å². The summed E-state index contributed by atoms with van der Waals surface area (Å²) in [4.78, 5) is 1.14. The molecule has 1 heterocycles. The van der Waals surface area contributed by atoms with Crippen molar-refractivity contribution < 1.29 is 8.78 Å². The predicted molar refractivity (Wildman–Crippen MR) is 68.9 cm³/mol. The third-order valence-corrected chi connectivity index (χ3v) is 4.25. The minimum atomic E-state index is -0.804. The summed E-state index contributed by atoms with van der Waals surface area (Å²) >= 11 is 5.03. The van der Waals surface area contributed by atoms with Gasteiger partial charge in [0, 0.05) is 28.0 Å². The Hall–Kier alpha value is -0.780. The van der Waals surface area contributed by atoms with Gasteiger partial charge in [0.2, 0.25) is 0 Å². The maximum Gasteiger partial charge on any atom is 0.163 e. The Morgan fingerprint density at radius 1 is 1.18 bits per heavy atom. The molecule has 0 saturated carbocycles. The van der Waals surface area contributed by atoms with Crippen molar-refractivity contribution in [3.8, 4) is 0 Å². The van der Waals surface area contributed by atoms with Crippen LogP contribution in [0, 0.1) is 11.6 Å². The van der Waals surface area contributed by atoms with Crippen molar-refractivity contribution in [3.05, 3.63) is 56.2 Å². The van der Waals surface area contributed by atoms with Gasteiger partial charge in [0.05, 0.1) is 0 Å². The van der Waals surface area contributed by atoms with Gasteiger partial charge in [0.1, 0.15) is 0 Å². The van der Waals surface area contributed by atoms with Crippen LogP contribution in [0.2, 0.25) is 0 Å². The van der Waals surface area contributed by atoms with Crippen molar-refractivity contribution in [2.75, 3.05) is 0 Å². The van der Waals surface area contributed by atoms with Crippen LogP contribution >= 0.6 is 27.3 Å². The van der Waals surface area contributed by atoms with Crippen LogP contribution in [0.1, 0.15) is 10.4 Å². The van der Waals surface area contributed by atoms with Crippen LogP contribution in [0.4, 0.5) is 8.78 Å². The zero-order valence-corrected chi connectivity index (χ0v) is 11.2. The first-order chi connectivity index (χ1) is 8.18. The van der Waals surface area contributed by atoms with E-state index in [0.29, 0.717) is 18.7 Å². The van der Waals surface area contributed by atoms with Crippen LogP contribution in [0.15, 0.2) is 34.1 Å². The molecule has 1 N–H and O–H groups in total. The summed E-state index contributed by atoms with van der Waals surface area (Å²) in [5.74, 6) is -1.58. The number of benzene rings is 1. The lowest BCUT2D eigenvalue weighted by Crippen LogP contribution is -2.13. The Labute approximate surface area is 111 Å². The fourth-order valence-electron chi connectivity index (χ4n) is 1.45. The van der Waals surface area contributed by atoms with Crippen molar-refractivity contribution in [1.82, 2.24) is 5.32 Å². The number of hydrogen-bond donors (Lipinski definition) is 1. The van der Waals surface area contributed by atoms with E-state index >= 15 is 0 Å². The van der Waals surface area contributed by atoms with E-state index in [4.69, 9.17) is 0 Å². The van der Waals surface area contributed by atoms with Crippen LogP contribution in [-0.2, 0) is 13.1 Å². The van der Waals surface area contributed by atoms with Gasteiger partial charge in [-0.1, -0.05) is 12.1 Å². The van der Waals surface area contributed by atoms with Gasteiger partial charge in [-0.2, -0.15) is 0 Å². The zero-order chi connectivity index (χ0) is 12.3. The van der Waals surface area contributed by atoms with E-state index < -0.39 is 11.6 Å². The predicted octanol–water partition coefficient (Wildman–Crippen LogP) is 4.08. The second-order valence-electron chi connectivity index (χ2n) is 3.51. The second-order valence-corrected chi connectivity index (χ2v) is 5.36. The van der Waals surface area contributed by atoms with Gasteiger partial charge in [-0.05, 0) is 33.4 Å². The van der Waals surface area contributed by atoms with Crippen molar-refractivity contribution in [1.29, 1.82) is 0 Å². The quantitative estimate of drug-likeness (QED) is 0.896. The van der Waals surface area contributed by atoms with Gasteiger partial charge in [-0.25, -0.2) is 8.78 Å². The molecule has 2 rings (SSSR count).